The number of anilines is 1. The number of halogens is 2. The number of rotatable bonds is 5. The Kier molecular flexibility index (Phi) is 4.91. The van der Waals surface area contributed by atoms with Gasteiger partial charge in [0.25, 0.3) is 0 Å². The van der Waals surface area contributed by atoms with Crippen molar-refractivity contribution in [1.82, 2.24) is 0 Å². The van der Waals surface area contributed by atoms with E-state index in [0.717, 1.165) is 6.07 Å². The van der Waals surface area contributed by atoms with E-state index in [1.165, 1.54) is 6.07 Å². The summed E-state index contributed by atoms with van der Waals surface area (Å²) in [6, 6.07) is 2.62. The SMILES string of the molecule is Cc1cc(Br)c(F)cc1NS(=O)(=O)CCCO. The Morgan fingerprint density at radius 2 is 2.12 bits per heavy atom. The third-order valence-electron chi connectivity index (χ3n) is 2.10. The topological polar surface area (TPSA) is 66.4 Å². The second-order valence-electron chi connectivity index (χ2n) is 3.58. The second-order valence-corrected chi connectivity index (χ2v) is 6.28. The van der Waals surface area contributed by atoms with Gasteiger partial charge < -0.3 is 5.11 Å². The number of aliphatic hydroxyl groups is 1. The van der Waals surface area contributed by atoms with Crippen molar-refractivity contribution in [2.75, 3.05) is 17.1 Å². The van der Waals surface area contributed by atoms with Crippen molar-refractivity contribution in [3.63, 3.8) is 0 Å². The van der Waals surface area contributed by atoms with Gasteiger partial charge in [-0.15, -0.1) is 0 Å². The van der Waals surface area contributed by atoms with Crippen LogP contribution in [0.1, 0.15) is 12.0 Å². The highest BCUT2D eigenvalue weighted by molar-refractivity contribution is 9.10. The predicted octanol–water partition coefficient (Wildman–Crippen LogP) is 2.02. The lowest BCUT2D eigenvalue weighted by atomic mass is 10.2. The molecule has 96 valence electrons. The van der Waals surface area contributed by atoms with E-state index >= 15 is 0 Å². The number of hydrogen-bond acceptors (Lipinski definition) is 3. The van der Waals surface area contributed by atoms with E-state index in [9.17, 15) is 12.8 Å². The van der Waals surface area contributed by atoms with Gasteiger partial charge in [0.2, 0.25) is 10.0 Å². The molecule has 0 amide bonds. The third kappa shape index (κ3) is 4.25. The highest BCUT2D eigenvalue weighted by atomic mass is 79.9. The fourth-order valence-electron chi connectivity index (χ4n) is 1.23. The van der Waals surface area contributed by atoms with Crippen LogP contribution in [0.2, 0.25) is 0 Å². The lowest BCUT2D eigenvalue weighted by molar-refractivity contribution is 0.295. The van der Waals surface area contributed by atoms with Gasteiger partial charge in [-0.25, -0.2) is 12.8 Å². The van der Waals surface area contributed by atoms with Crippen molar-refractivity contribution < 1.29 is 17.9 Å². The summed E-state index contributed by atoms with van der Waals surface area (Å²) >= 11 is 3.02. The van der Waals surface area contributed by atoms with Crippen LogP contribution in [0.15, 0.2) is 16.6 Å². The second kappa shape index (κ2) is 5.79. The van der Waals surface area contributed by atoms with Gasteiger partial charge in [0.05, 0.1) is 15.9 Å². The molecule has 0 spiro atoms. The molecule has 4 nitrogen and oxygen atoms in total. The Bertz CT molecular complexity index is 505. The highest BCUT2D eigenvalue weighted by Crippen LogP contribution is 2.24. The molecule has 0 radical (unpaired) electrons. The van der Waals surface area contributed by atoms with E-state index in [-0.39, 0.29) is 28.9 Å². The summed E-state index contributed by atoms with van der Waals surface area (Å²) in [6.45, 7) is 1.47. The average Bonchev–Trinajstić information content (AvgIpc) is 2.23. The number of benzene rings is 1. The van der Waals surface area contributed by atoms with Crippen LogP contribution < -0.4 is 4.72 Å². The van der Waals surface area contributed by atoms with Gasteiger partial charge in [-0.05, 0) is 47.0 Å². The van der Waals surface area contributed by atoms with Crippen molar-refractivity contribution in [3.05, 3.63) is 28.0 Å². The van der Waals surface area contributed by atoms with Gasteiger partial charge in [0, 0.05) is 6.61 Å². The summed E-state index contributed by atoms with van der Waals surface area (Å²) in [5.41, 5.74) is 0.828. The zero-order valence-corrected chi connectivity index (χ0v) is 11.6. The Balaban J connectivity index is 2.92. The number of aryl methyl sites for hydroxylation is 1. The molecule has 1 aromatic carbocycles. The maximum atomic E-state index is 13.3. The van der Waals surface area contributed by atoms with Gasteiger partial charge in [-0.3, -0.25) is 4.72 Å². The average molecular weight is 326 g/mol. The van der Waals surface area contributed by atoms with Crippen molar-refractivity contribution in [3.8, 4) is 0 Å². The zero-order valence-electron chi connectivity index (χ0n) is 9.20. The standard InChI is InChI=1S/C10H13BrFNO3S/c1-7-5-8(11)9(12)6-10(7)13-17(15,16)4-2-3-14/h5-6,13-14H,2-4H2,1H3. The maximum absolute atomic E-state index is 13.3. The molecular weight excluding hydrogens is 313 g/mol. The molecule has 0 unspecified atom stereocenters. The minimum Gasteiger partial charge on any atom is -0.396 e. The van der Waals surface area contributed by atoms with Crippen molar-refractivity contribution >= 4 is 31.6 Å². The van der Waals surface area contributed by atoms with Gasteiger partial charge in [-0.2, -0.15) is 0 Å². The predicted molar refractivity (Wildman–Crippen MR) is 67.9 cm³/mol. The first kappa shape index (κ1) is 14.4. The third-order valence-corrected chi connectivity index (χ3v) is 4.07. The molecule has 0 fully saturated rings. The van der Waals surface area contributed by atoms with Crippen LogP contribution in [0.5, 0.6) is 0 Å². The summed E-state index contributed by atoms with van der Waals surface area (Å²) < 4.78 is 38.9. The van der Waals surface area contributed by atoms with Gasteiger partial charge in [-0.1, -0.05) is 0 Å². The molecule has 2 N–H and O–H groups in total. The molecular formula is C10H13BrFNO3S. The molecule has 0 saturated carbocycles. The Morgan fingerprint density at radius 3 is 2.71 bits per heavy atom. The minimum atomic E-state index is -3.54. The molecule has 7 heteroatoms. The fraction of sp³-hybridized carbons (Fsp3) is 0.400. The molecule has 1 aromatic rings. The summed E-state index contributed by atoms with van der Waals surface area (Å²) in [7, 11) is -3.54. The fourth-order valence-corrected chi connectivity index (χ4v) is 2.85. The smallest absolute Gasteiger partial charge is 0.232 e. The number of nitrogens with one attached hydrogen (secondary N) is 1. The van der Waals surface area contributed by atoms with E-state index in [1.54, 1.807) is 6.92 Å². The molecule has 1 rings (SSSR count). The molecule has 0 saturated heterocycles. The Hall–Kier alpha value is -0.660. The van der Waals surface area contributed by atoms with Crippen LogP contribution >= 0.6 is 15.9 Å². The van der Waals surface area contributed by atoms with Crippen LogP contribution in [0.25, 0.3) is 0 Å². The zero-order chi connectivity index (χ0) is 13.1. The quantitative estimate of drug-likeness (QED) is 0.870. The number of hydrogen-bond donors (Lipinski definition) is 2. The summed E-state index contributed by atoms with van der Waals surface area (Å²) in [5, 5.41) is 8.57. The minimum absolute atomic E-state index is 0.146. The van der Waals surface area contributed by atoms with Gasteiger partial charge in [0.15, 0.2) is 0 Å². The summed E-state index contributed by atoms with van der Waals surface area (Å²) in [5.74, 6) is -0.726. The maximum Gasteiger partial charge on any atom is 0.232 e. The number of sulfonamides is 1. The van der Waals surface area contributed by atoms with Crippen molar-refractivity contribution in [2.24, 2.45) is 0 Å². The summed E-state index contributed by atoms with van der Waals surface area (Å²) in [4.78, 5) is 0. The first-order valence-electron chi connectivity index (χ1n) is 4.93. The molecule has 0 atom stereocenters. The highest BCUT2D eigenvalue weighted by Gasteiger charge is 2.13. The molecule has 0 heterocycles. The Morgan fingerprint density at radius 1 is 1.47 bits per heavy atom. The largest absolute Gasteiger partial charge is 0.396 e. The van der Waals surface area contributed by atoms with E-state index < -0.39 is 15.8 Å². The molecule has 17 heavy (non-hydrogen) atoms. The van der Waals surface area contributed by atoms with Crippen LogP contribution in [0.4, 0.5) is 10.1 Å². The molecule has 0 aliphatic carbocycles. The van der Waals surface area contributed by atoms with Crippen LogP contribution in [-0.4, -0.2) is 25.9 Å². The van der Waals surface area contributed by atoms with Crippen molar-refractivity contribution in [2.45, 2.75) is 13.3 Å². The molecule has 0 aliphatic rings. The van der Waals surface area contributed by atoms with Gasteiger partial charge in [0.1, 0.15) is 5.82 Å². The lowest BCUT2D eigenvalue weighted by Crippen LogP contribution is -2.18. The first-order chi connectivity index (χ1) is 7.85. The normalized spacial score (nSPS) is 11.5. The van der Waals surface area contributed by atoms with Crippen LogP contribution in [0, 0.1) is 12.7 Å². The van der Waals surface area contributed by atoms with E-state index in [4.69, 9.17) is 5.11 Å². The van der Waals surface area contributed by atoms with Crippen LogP contribution in [-0.2, 0) is 10.0 Å². The lowest BCUT2D eigenvalue weighted by Gasteiger charge is -2.10. The molecule has 0 bridgehead atoms. The molecule has 0 aliphatic heterocycles. The van der Waals surface area contributed by atoms with Crippen LogP contribution in [0.3, 0.4) is 0 Å². The first-order valence-corrected chi connectivity index (χ1v) is 7.37. The van der Waals surface area contributed by atoms with E-state index in [0.29, 0.717) is 5.56 Å². The van der Waals surface area contributed by atoms with E-state index in [2.05, 4.69) is 20.7 Å². The van der Waals surface area contributed by atoms with Gasteiger partial charge >= 0.3 is 0 Å². The Labute approximate surface area is 108 Å². The van der Waals surface area contributed by atoms with E-state index in [1.807, 2.05) is 0 Å². The monoisotopic (exact) mass is 325 g/mol. The summed E-state index contributed by atoms with van der Waals surface area (Å²) in [6.07, 6.45) is 0.146. The number of aliphatic hydroxyl groups excluding tert-OH is 1. The van der Waals surface area contributed by atoms with Crippen molar-refractivity contribution in [1.29, 1.82) is 0 Å². The molecule has 0 aromatic heterocycles.